The molecule has 0 saturated carbocycles. The average molecular weight is 334 g/mol. The van der Waals surface area contributed by atoms with E-state index >= 15 is 0 Å². The van der Waals surface area contributed by atoms with Crippen LogP contribution in [0.15, 0.2) is 29.6 Å². The van der Waals surface area contributed by atoms with Crippen LogP contribution in [-0.2, 0) is 16.0 Å². The first-order valence-electron chi connectivity index (χ1n) is 7.73. The van der Waals surface area contributed by atoms with E-state index in [-0.39, 0.29) is 30.3 Å². The van der Waals surface area contributed by atoms with Crippen molar-refractivity contribution in [1.29, 1.82) is 0 Å². The Bertz CT molecular complexity index is 683. The maximum absolute atomic E-state index is 13.3. The minimum absolute atomic E-state index is 0.00586. The number of rotatable bonds is 5. The highest BCUT2D eigenvalue weighted by molar-refractivity contribution is 7.13. The van der Waals surface area contributed by atoms with Crippen molar-refractivity contribution in [2.24, 2.45) is 0 Å². The second-order valence-corrected chi connectivity index (χ2v) is 6.60. The van der Waals surface area contributed by atoms with Gasteiger partial charge in [0.1, 0.15) is 10.8 Å². The van der Waals surface area contributed by atoms with E-state index in [4.69, 9.17) is 4.74 Å². The zero-order valence-electron chi connectivity index (χ0n) is 12.9. The van der Waals surface area contributed by atoms with E-state index in [2.05, 4.69) is 10.3 Å². The summed E-state index contributed by atoms with van der Waals surface area (Å²) < 4.78 is 18.8. The summed E-state index contributed by atoms with van der Waals surface area (Å²) in [6, 6.07) is 6.32. The van der Waals surface area contributed by atoms with E-state index in [1.54, 1.807) is 6.07 Å². The Morgan fingerprint density at radius 1 is 1.57 bits per heavy atom. The SMILES string of the molecule is C[C@H](NC(=O)Cc1csc(-c2cccc(F)c2)n1)[C@H]1CCCO1. The summed E-state index contributed by atoms with van der Waals surface area (Å²) in [6.45, 7) is 2.74. The minimum atomic E-state index is -0.289. The zero-order valence-corrected chi connectivity index (χ0v) is 13.7. The Labute approximate surface area is 138 Å². The quantitative estimate of drug-likeness (QED) is 0.914. The number of nitrogens with one attached hydrogen (secondary N) is 1. The summed E-state index contributed by atoms with van der Waals surface area (Å²) in [6.07, 6.45) is 2.37. The molecule has 1 aliphatic heterocycles. The number of hydrogen-bond acceptors (Lipinski definition) is 4. The summed E-state index contributed by atoms with van der Waals surface area (Å²) in [5, 5.41) is 5.53. The van der Waals surface area contributed by atoms with Crippen molar-refractivity contribution in [1.82, 2.24) is 10.3 Å². The first-order chi connectivity index (χ1) is 11.1. The van der Waals surface area contributed by atoms with Crippen LogP contribution in [0.25, 0.3) is 10.6 Å². The largest absolute Gasteiger partial charge is 0.376 e. The number of thiazole rings is 1. The molecule has 2 aromatic rings. The highest BCUT2D eigenvalue weighted by Crippen LogP contribution is 2.24. The average Bonchev–Trinajstić information content (AvgIpc) is 3.18. The van der Waals surface area contributed by atoms with Crippen molar-refractivity contribution in [3.63, 3.8) is 0 Å². The number of benzene rings is 1. The standard InChI is InChI=1S/C17H19FN2O2S/c1-11(15-6-3-7-22-15)19-16(21)9-14-10-23-17(20-14)12-4-2-5-13(18)8-12/h2,4-5,8,10-11,15H,3,6-7,9H2,1H3,(H,19,21)/t11-,15+/m0/s1. The van der Waals surface area contributed by atoms with Crippen LogP contribution in [-0.4, -0.2) is 29.6 Å². The fourth-order valence-corrected chi connectivity index (χ4v) is 3.52. The molecule has 1 aliphatic rings. The number of carbonyl (C=O) groups excluding carboxylic acids is 1. The van der Waals surface area contributed by atoms with Gasteiger partial charge in [0.2, 0.25) is 5.91 Å². The molecule has 0 radical (unpaired) electrons. The molecule has 3 rings (SSSR count). The van der Waals surface area contributed by atoms with E-state index in [9.17, 15) is 9.18 Å². The first kappa shape index (κ1) is 16.1. The molecule has 2 atom stereocenters. The molecule has 6 heteroatoms. The second-order valence-electron chi connectivity index (χ2n) is 5.74. The van der Waals surface area contributed by atoms with Gasteiger partial charge < -0.3 is 10.1 Å². The highest BCUT2D eigenvalue weighted by Gasteiger charge is 2.23. The Morgan fingerprint density at radius 2 is 2.43 bits per heavy atom. The van der Waals surface area contributed by atoms with Crippen molar-refractivity contribution < 1.29 is 13.9 Å². The maximum atomic E-state index is 13.3. The highest BCUT2D eigenvalue weighted by atomic mass is 32.1. The van der Waals surface area contributed by atoms with Crippen LogP contribution in [0.1, 0.15) is 25.5 Å². The summed E-state index contributed by atoms with van der Waals surface area (Å²) in [5.74, 6) is -0.355. The van der Waals surface area contributed by atoms with E-state index < -0.39 is 0 Å². The molecule has 1 aromatic carbocycles. The fraction of sp³-hybridized carbons (Fsp3) is 0.412. The lowest BCUT2D eigenvalue weighted by Gasteiger charge is -2.19. The molecule has 1 N–H and O–H groups in total. The van der Waals surface area contributed by atoms with Crippen LogP contribution in [0.4, 0.5) is 4.39 Å². The van der Waals surface area contributed by atoms with Gasteiger partial charge in [-0.15, -0.1) is 11.3 Å². The second kappa shape index (κ2) is 7.19. The van der Waals surface area contributed by atoms with Crippen molar-refractivity contribution in [3.8, 4) is 10.6 Å². The maximum Gasteiger partial charge on any atom is 0.226 e. The van der Waals surface area contributed by atoms with Crippen molar-refractivity contribution >= 4 is 17.2 Å². The van der Waals surface area contributed by atoms with Gasteiger partial charge in [0.05, 0.1) is 24.3 Å². The minimum Gasteiger partial charge on any atom is -0.376 e. The molecule has 1 aromatic heterocycles. The monoisotopic (exact) mass is 334 g/mol. The lowest BCUT2D eigenvalue weighted by Crippen LogP contribution is -2.41. The van der Waals surface area contributed by atoms with E-state index in [0.29, 0.717) is 5.69 Å². The normalized spacial score (nSPS) is 18.8. The molecule has 4 nitrogen and oxygen atoms in total. The van der Waals surface area contributed by atoms with Gasteiger partial charge in [-0.3, -0.25) is 4.79 Å². The Balaban J connectivity index is 1.59. The summed E-state index contributed by atoms with van der Waals surface area (Å²) in [5.41, 5.74) is 1.43. The fourth-order valence-electron chi connectivity index (χ4n) is 2.70. The molecule has 122 valence electrons. The van der Waals surface area contributed by atoms with Gasteiger partial charge in [-0.25, -0.2) is 9.37 Å². The zero-order chi connectivity index (χ0) is 16.2. The lowest BCUT2D eigenvalue weighted by atomic mass is 10.1. The Kier molecular flexibility index (Phi) is 5.03. The number of halogens is 1. The third-order valence-electron chi connectivity index (χ3n) is 3.88. The third kappa shape index (κ3) is 4.14. The molecule has 23 heavy (non-hydrogen) atoms. The lowest BCUT2D eigenvalue weighted by molar-refractivity contribution is -0.121. The van der Waals surface area contributed by atoms with Crippen molar-refractivity contribution in [3.05, 3.63) is 41.2 Å². The molecule has 2 heterocycles. The molecule has 0 unspecified atom stereocenters. The van der Waals surface area contributed by atoms with E-state index in [0.717, 1.165) is 30.0 Å². The van der Waals surface area contributed by atoms with Gasteiger partial charge in [0.25, 0.3) is 0 Å². The van der Waals surface area contributed by atoms with E-state index in [1.165, 1.54) is 23.5 Å². The van der Waals surface area contributed by atoms with Crippen LogP contribution in [0.2, 0.25) is 0 Å². The number of amides is 1. The van der Waals surface area contributed by atoms with Gasteiger partial charge in [0, 0.05) is 17.6 Å². The topological polar surface area (TPSA) is 51.2 Å². The molecule has 0 spiro atoms. The summed E-state index contributed by atoms with van der Waals surface area (Å²) >= 11 is 1.42. The Hall–Kier alpha value is -1.79. The molecule has 1 saturated heterocycles. The molecule has 0 bridgehead atoms. The van der Waals surface area contributed by atoms with Gasteiger partial charge in [-0.1, -0.05) is 12.1 Å². The smallest absolute Gasteiger partial charge is 0.226 e. The number of hydrogen-bond donors (Lipinski definition) is 1. The summed E-state index contributed by atoms with van der Waals surface area (Å²) in [7, 11) is 0. The molecular weight excluding hydrogens is 315 g/mol. The molecule has 0 aliphatic carbocycles. The van der Waals surface area contributed by atoms with Crippen LogP contribution >= 0.6 is 11.3 Å². The van der Waals surface area contributed by atoms with E-state index in [1.807, 2.05) is 18.4 Å². The molecular formula is C17H19FN2O2S. The number of carbonyl (C=O) groups is 1. The predicted octanol–water partition coefficient (Wildman–Crippen LogP) is 3.18. The van der Waals surface area contributed by atoms with Crippen LogP contribution in [0.5, 0.6) is 0 Å². The summed E-state index contributed by atoms with van der Waals surface area (Å²) in [4.78, 5) is 16.5. The van der Waals surface area contributed by atoms with Gasteiger partial charge in [0.15, 0.2) is 0 Å². The molecule has 1 fully saturated rings. The predicted molar refractivity (Wildman–Crippen MR) is 87.8 cm³/mol. The van der Waals surface area contributed by atoms with Crippen molar-refractivity contribution in [2.75, 3.05) is 6.61 Å². The van der Waals surface area contributed by atoms with Crippen LogP contribution in [0.3, 0.4) is 0 Å². The van der Waals surface area contributed by atoms with Gasteiger partial charge in [-0.05, 0) is 31.9 Å². The number of ether oxygens (including phenoxy) is 1. The first-order valence-corrected chi connectivity index (χ1v) is 8.61. The van der Waals surface area contributed by atoms with Crippen molar-refractivity contribution in [2.45, 2.75) is 38.3 Å². The third-order valence-corrected chi connectivity index (χ3v) is 4.82. The van der Waals surface area contributed by atoms with Gasteiger partial charge >= 0.3 is 0 Å². The number of aromatic nitrogens is 1. The van der Waals surface area contributed by atoms with Gasteiger partial charge in [-0.2, -0.15) is 0 Å². The Morgan fingerprint density at radius 3 is 3.17 bits per heavy atom. The van der Waals surface area contributed by atoms with Crippen LogP contribution in [0, 0.1) is 5.82 Å². The van der Waals surface area contributed by atoms with Crippen LogP contribution < -0.4 is 5.32 Å². The molecule has 1 amide bonds. The number of nitrogens with zero attached hydrogens (tertiary/aromatic N) is 1.